The molecule has 0 saturated carbocycles. The maximum Gasteiger partial charge on any atom is 0.228 e. The van der Waals surface area contributed by atoms with Crippen LogP contribution in [0.1, 0.15) is 16.5 Å². The van der Waals surface area contributed by atoms with Gasteiger partial charge < -0.3 is 15.0 Å². The molecule has 1 aliphatic heterocycles. The Labute approximate surface area is 134 Å². The number of benzene rings is 1. The van der Waals surface area contributed by atoms with Crippen LogP contribution in [0.25, 0.3) is 0 Å². The van der Waals surface area contributed by atoms with Crippen LogP contribution in [0.2, 0.25) is 0 Å². The van der Waals surface area contributed by atoms with Crippen molar-refractivity contribution in [2.75, 3.05) is 26.7 Å². The van der Waals surface area contributed by atoms with Gasteiger partial charge in [0.1, 0.15) is 5.75 Å². The Balaban J connectivity index is 1.83. The molecule has 116 valence electrons. The van der Waals surface area contributed by atoms with Gasteiger partial charge in [0, 0.05) is 30.1 Å². The SMILES string of the molecule is COc1ccccc1C1CNCCN1C(=O)Cc1cccs1. The summed E-state index contributed by atoms with van der Waals surface area (Å²) in [7, 11) is 1.67. The van der Waals surface area contributed by atoms with E-state index in [0.717, 1.165) is 35.8 Å². The third-order valence-corrected chi connectivity index (χ3v) is 4.84. The number of ether oxygens (including phenoxy) is 1. The van der Waals surface area contributed by atoms with Crippen molar-refractivity contribution in [3.05, 3.63) is 52.2 Å². The molecule has 1 saturated heterocycles. The standard InChI is InChI=1S/C17H20N2O2S/c1-21-16-7-3-2-6-14(16)15-12-18-8-9-19(15)17(20)11-13-5-4-10-22-13/h2-7,10,15,18H,8-9,11-12H2,1H3. The molecule has 1 atom stereocenters. The van der Waals surface area contributed by atoms with E-state index < -0.39 is 0 Å². The van der Waals surface area contributed by atoms with Gasteiger partial charge in [-0.15, -0.1) is 11.3 Å². The summed E-state index contributed by atoms with van der Waals surface area (Å²) in [6.45, 7) is 2.32. The van der Waals surface area contributed by atoms with Gasteiger partial charge in [-0.25, -0.2) is 0 Å². The number of hydrogen-bond donors (Lipinski definition) is 1. The summed E-state index contributed by atoms with van der Waals surface area (Å²) in [5.41, 5.74) is 1.07. The first-order valence-electron chi connectivity index (χ1n) is 7.45. The Morgan fingerprint density at radius 2 is 2.23 bits per heavy atom. The molecule has 3 rings (SSSR count). The third-order valence-electron chi connectivity index (χ3n) is 3.97. The van der Waals surface area contributed by atoms with Crippen LogP contribution in [0.15, 0.2) is 41.8 Å². The van der Waals surface area contributed by atoms with Crippen molar-refractivity contribution in [3.8, 4) is 5.75 Å². The molecule has 1 amide bonds. The first-order valence-corrected chi connectivity index (χ1v) is 8.33. The van der Waals surface area contributed by atoms with Crippen molar-refractivity contribution < 1.29 is 9.53 Å². The molecule has 0 bridgehead atoms. The summed E-state index contributed by atoms with van der Waals surface area (Å²) in [6, 6.07) is 12.0. The van der Waals surface area contributed by atoms with Gasteiger partial charge in [-0.05, 0) is 17.5 Å². The molecule has 0 radical (unpaired) electrons. The average molecular weight is 316 g/mol. The molecule has 1 N–H and O–H groups in total. The molecule has 1 aliphatic rings. The Hall–Kier alpha value is -1.85. The van der Waals surface area contributed by atoms with E-state index in [2.05, 4.69) is 5.32 Å². The molecule has 1 aromatic heterocycles. The highest BCUT2D eigenvalue weighted by molar-refractivity contribution is 7.10. The second kappa shape index (κ2) is 6.94. The molecule has 0 spiro atoms. The van der Waals surface area contributed by atoms with E-state index in [4.69, 9.17) is 4.74 Å². The summed E-state index contributed by atoms with van der Waals surface area (Å²) in [5, 5.41) is 5.39. The molecule has 22 heavy (non-hydrogen) atoms. The Morgan fingerprint density at radius 3 is 3.00 bits per heavy atom. The summed E-state index contributed by atoms with van der Waals surface area (Å²) in [5.74, 6) is 1.02. The van der Waals surface area contributed by atoms with Gasteiger partial charge in [0.15, 0.2) is 0 Å². The quantitative estimate of drug-likeness (QED) is 0.942. The van der Waals surface area contributed by atoms with Crippen LogP contribution < -0.4 is 10.1 Å². The molecular formula is C17H20N2O2S. The average Bonchev–Trinajstić information content (AvgIpc) is 3.07. The Bertz CT molecular complexity index is 627. The second-order valence-corrected chi connectivity index (χ2v) is 6.34. The van der Waals surface area contributed by atoms with Crippen LogP contribution in [-0.2, 0) is 11.2 Å². The zero-order valence-corrected chi connectivity index (χ0v) is 13.4. The molecule has 2 heterocycles. The molecule has 5 heteroatoms. The molecule has 1 fully saturated rings. The highest BCUT2D eigenvalue weighted by Crippen LogP contribution is 2.30. The summed E-state index contributed by atoms with van der Waals surface area (Å²) in [6.07, 6.45) is 0.476. The van der Waals surface area contributed by atoms with E-state index in [-0.39, 0.29) is 11.9 Å². The minimum absolute atomic E-state index is 0.0253. The number of para-hydroxylation sites is 1. The predicted molar refractivity (Wildman–Crippen MR) is 88.3 cm³/mol. The predicted octanol–water partition coefficient (Wildman–Crippen LogP) is 2.47. The molecule has 1 unspecified atom stereocenters. The molecular weight excluding hydrogens is 296 g/mol. The number of carbonyl (C=O) groups excluding carboxylic acids is 1. The van der Waals surface area contributed by atoms with Crippen LogP contribution in [-0.4, -0.2) is 37.6 Å². The van der Waals surface area contributed by atoms with Gasteiger partial charge in [-0.1, -0.05) is 24.3 Å². The van der Waals surface area contributed by atoms with Crippen molar-refractivity contribution in [1.82, 2.24) is 10.2 Å². The maximum absolute atomic E-state index is 12.7. The number of hydrogen-bond acceptors (Lipinski definition) is 4. The Morgan fingerprint density at radius 1 is 1.36 bits per heavy atom. The first kappa shape index (κ1) is 15.1. The zero-order valence-electron chi connectivity index (χ0n) is 12.6. The highest BCUT2D eigenvalue weighted by Gasteiger charge is 2.29. The smallest absolute Gasteiger partial charge is 0.228 e. The van der Waals surface area contributed by atoms with Crippen molar-refractivity contribution in [2.24, 2.45) is 0 Å². The van der Waals surface area contributed by atoms with Gasteiger partial charge in [0.2, 0.25) is 5.91 Å². The number of thiophene rings is 1. The summed E-state index contributed by atoms with van der Waals surface area (Å²) < 4.78 is 5.47. The molecule has 1 aromatic carbocycles. The van der Waals surface area contributed by atoms with Crippen LogP contribution in [0.3, 0.4) is 0 Å². The molecule has 0 aliphatic carbocycles. The van der Waals surface area contributed by atoms with Gasteiger partial charge >= 0.3 is 0 Å². The monoisotopic (exact) mass is 316 g/mol. The first-order chi connectivity index (χ1) is 10.8. The van der Waals surface area contributed by atoms with Crippen LogP contribution in [0, 0.1) is 0 Å². The third kappa shape index (κ3) is 3.15. The van der Waals surface area contributed by atoms with Gasteiger partial charge in [0.25, 0.3) is 0 Å². The molecule has 2 aromatic rings. The number of methoxy groups -OCH3 is 1. The second-order valence-electron chi connectivity index (χ2n) is 5.31. The van der Waals surface area contributed by atoms with Crippen molar-refractivity contribution in [1.29, 1.82) is 0 Å². The maximum atomic E-state index is 12.7. The number of nitrogens with one attached hydrogen (secondary N) is 1. The van der Waals surface area contributed by atoms with Gasteiger partial charge in [-0.2, -0.15) is 0 Å². The highest BCUT2D eigenvalue weighted by atomic mass is 32.1. The van der Waals surface area contributed by atoms with E-state index in [1.807, 2.05) is 46.7 Å². The van der Waals surface area contributed by atoms with Crippen LogP contribution in [0.5, 0.6) is 5.75 Å². The van der Waals surface area contributed by atoms with Crippen LogP contribution in [0.4, 0.5) is 0 Å². The van der Waals surface area contributed by atoms with E-state index in [1.165, 1.54) is 0 Å². The van der Waals surface area contributed by atoms with E-state index in [0.29, 0.717) is 6.42 Å². The minimum atomic E-state index is 0.0253. The largest absolute Gasteiger partial charge is 0.496 e. The van der Waals surface area contributed by atoms with Gasteiger partial charge in [0.05, 0.1) is 19.6 Å². The number of piperazine rings is 1. The Kier molecular flexibility index (Phi) is 4.75. The minimum Gasteiger partial charge on any atom is -0.496 e. The summed E-state index contributed by atoms with van der Waals surface area (Å²) >= 11 is 1.63. The van der Waals surface area contributed by atoms with Gasteiger partial charge in [-0.3, -0.25) is 4.79 Å². The fourth-order valence-electron chi connectivity index (χ4n) is 2.89. The normalized spacial score (nSPS) is 18.2. The fraction of sp³-hybridized carbons (Fsp3) is 0.353. The van der Waals surface area contributed by atoms with Crippen molar-refractivity contribution >= 4 is 17.2 Å². The lowest BCUT2D eigenvalue weighted by Gasteiger charge is -2.37. The number of nitrogens with zero attached hydrogens (tertiary/aromatic N) is 1. The van der Waals surface area contributed by atoms with Crippen molar-refractivity contribution in [3.63, 3.8) is 0 Å². The lowest BCUT2D eigenvalue weighted by molar-refractivity contribution is -0.133. The van der Waals surface area contributed by atoms with E-state index in [1.54, 1.807) is 18.4 Å². The number of carbonyl (C=O) groups is 1. The van der Waals surface area contributed by atoms with E-state index in [9.17, 15) is 4.79 Å². The van der Waals surface area contributed by atoms with Crippen LogP contribution >= 0.6 is 11.3 Å². The van der Waals surface area contributed by atoms with E-state index >= 15 is 0 Å². The lowest BCUT2D eigenvalue weighted by Crippen LogP contribution is -2.49. The zero-order chi connectivity index (χ0) is 15.4. The lowest BCUT2D eigenvalue weighted by atomic mass is 10.0. The fourth-order valence-corrected chi connectivity index (χ4v) is 3.58. The summed E-state index contributed by atoms with van der Waals surface area (Å²) in [4.78, 5) is 15.8. The molecule has 4 nitrogen and oxygen atoms in total. The number of amides is 1. The topological polar surface area (TPSA) is 41.6 Å². The van der Waals surface area contributed by atoms with Crippen molar-refractivity contribution in [2.45, 2.75) is 12.5 Å². The number of rotatable bonds is 4.